The minimum Gasteiger partial charge on any atom is -0.481 e. The van der Waals surface area contributed by atoms with Gasteiger partial charge in [0.25, 0.3) is 0 Å². The molecule has 1 heterocycles. The van der Waals surface area contributed by atoms with E-state index in [1.807, 2.05) is 14.0 Å². The van der Waals surface area contributed by atoms with Crippen LogP contribution in [0.4, 0.5) is 4.79 Å². The van der Waals surface area contributed by atoms with Gasteiger partial charge < -0.3 is 20.2 Å². The van der Waals surface area contributed by atoms with Gasteiger partial charge in [-0.25, -0.2) is 4.79 Å². The quantitative estimate of drug-likeness (QED) is 0.766. The summed E-state index contributed by atoms with van der Waals surface area (Å²) in [5.41, 5.74) is 0. The molecule has 2 atom stereocenters. The molecule has 2 amide bonds. The van der Waals surface area contributed by atoms with Crippen LogP contribution < -0.4 is 5.32 Å². The van der Waals surface area contributed by atoms with Gasteiger partial charge in [0.1, 0.15) is 0 Å². The van der Waals surface area contributed by atoms with Crippen LogP contribution in [0.1, 0.15) is 20.3 Å². The predicted octanol–water partition coefficient (Wildman–Crippen LogP) is 0.443. The Morgan fingerprint density at radius 1 is 1.44 bits per heavy atom. The summed E-state index contributed by atoms with van der Waals surface area (Å²) < 4.78 is 0. The minimum absolute atomic E-state index is 0.158. The van der Waals surface area contributed by atoms with Gasteiger partial charge in [-0.3, -0.25) is 4.79 Å². The third-order valence-corrected chi connectivity index (χ3v) is 3.59. The van der Waals surface area contributed by atoms with Crippen LogP contribution in [0.25, 0.3) is 0 Å². The Bertz CT molecular complexity index is 309. The summed E-state index contributed by atoms with van der Waals surface area (Å²) in [5.74, 6) is -1.36. The second-order valence-electron chi connectivity index (χ2n) is 4.91. The van der Waals surface area contributed by atoms with E-state index in [0.717, 1.165) is 6.54 Å². The van der Waals surface area contributed by atoms with Gasteiger partial charge in [-0.2, -0.15) is 0 Å². The van der Waals surface area contributed by atoms with Crippen molar-refractivity contribution in [3.05, 3.63) is 0 Å². The SMILES string of the molecule is CCC(CNC(=O)N1CCN(C)C(C)C1)C(=O)O. The van der Waals surface area contributed by atoms with Crippen molar-refractivity contribution < 1.29 is 14.7 Å². The molecule has 1 saturated heterocycles. The molecule has 1 fully saturated rings. The van der Waals surface area contributed by atoms with Crippen LogP contribution in [-0.4, -0.2) is 66.2 Å². The van der Waals surface area contributed by atoms with Crippen molar-refractivity contribution in [3.8, 4) is 0 Å². The summed E-state index contributed by atoms with van der Waals surface area (Å²) in [6, 6.07) is 0.181. The average molecular weight is 257 g/mol. The third-order valence-electron chi connectivity index (χ3n) is 3.59. The zero-order valence-electron chi connectivity index (χ0n) is 11.3. The third kappa shape index (κ3) is 3.87. The Morgan fingerprint density at radius 2 is 2.11 bits per heavy atom. The van der Waals surface area contributed by atoms with Gasteiger partial charge in [-0.15, -0.1) is 0 Å². The number of nitrogens with zero attached hydrogens (tertiary/aromatic N) is 2. The van der Waals surface area contributed by atoms with Gasteiger partial charge >= 0.3 is 12.0 Å². The van der Waals surface area contributed by atoms with E-state index >= 15 is 0 Å². The Hall–Kier alpha value is -1.30. The van der Waals surface area contributed by atoms with E-state index in [0.29, 0.717) is 25.6 Å². The summed E-state index contributed by atoms with van der Waals surface area (Å²) in [7, 11) is 2.04. The molecule has 2 N–H and O–H groups in total. The molecule has 1 aliphatic heterocycles. The van der Waals surface area contributed by atoms with Crippen molar-refractivity contribution in [2.45, 2.75) is 26.3 Å². The molecular formula is C12H23N3O3. The summed E-state index contributed by atoms with van der Waals surface area (Å²) in [6.45, 7) is 6.31. The first-order chi connectivity index (χ1) is 8.45. The zero-order chi connectivity index (χ0) is 13.7. The molecule has 0 spiro atoms. The molecule has 6 nitrogen and oxygen atoms in total. The summed E-state index contributed by atoms with van der Waals surface area (Å²) in [6.07, 6.45) is 0.523. The minimum atomic E-state index is -0.857. The lowest BCUT2D eigenvalue weighted by molar-refractivity contribution is -0.141. The first-order valence-corrected chi connectivity index (χ1v) is 6.41. The molecule has 2 unspecified atom stereocenters. The van der Waals surface area contributed by atoms with Crippen LogP contribution in [0.5, 0.6) is 0 Å². The molecular weight excluding hydrogens is 234 g/mol. The molecule has 18 heavy (non-hydrogen) atoms. The highest BCUT2D eigenvalue weighted by atomic mass is 16.4. The number of urea groups is 1. The molecule has 0 aliphatic carbocycles. The van der Waals surface area contributed by atoms with E-state index in [-0.39, 0.29) is 12.6 Å². The number of rotatable bonds is 4. The van der Waals surface area contributed by atoms with Crippen LogP contribution in [0.2, 0.25) is 0 Å². The van der Waals surface area contributed by atoms with Crippen molar-refractivity contribution in [3.63, 3.8) is 0 Å². The number of nitrogens with one attached hydrogen (secondary N) is 1. The van der Waals surface area contributed by atoms with Gasteiger partial charge in [-0.1, -0.05) is 6.92 Å². The lowest BCUT2D eigenvalue weighted by atomic mass is 10.1. The van der Waals surface area contributed by atoms with Crippen molar-refractivity contribution in [2.75, 3.05) is 33.2 Å². The first kappa shape index (κ1) is 14.8. The molecule has 0 bridgehead atoms. The van der Waals surface area contributed by atoms with E-state index in [2.05, 4.69) is 17.1 Å². The smallest absolute Gasteiger partial charge is 0.317 e. The molecule has 0 aromatic rings. The molecule has 0 radical (unpaired) electrons. The van der Waals surface area contributed by atoms with Crippen molar-refractivity contribution in [1.29, 1.82) is 0 Å². The molecule has 6 heteroatoms. The van der Waals surface area contributed by atoms with Crippen molar-refractivity contribution in [1.82, 2.24) is 15.1 Å². The lowest BCUT2D eigenvalue weighted by Gasteiger charge is -2.37. The number of piperazine rings is 1. The lowest BCUT2D eigenvalue weighted by Crippen LogP contribution is -2.55. The number of carboxylic acids is 1. The van der Waals surface area contributed by atoms with E-state index in [9.17, 15) is 9.59 Å². The van der Waals surface area contributed by atoms with Crippen molar-refractivity contribution >= 4 is 12.0 Å². The van der Waals surface area contributed by atoms with E-state index in [1.54, 1.807) is 4.90 Å². The largest absolute Gasteiger partial charge is 0.481 e. The normalized spacial score (nSPS) is 22.6. The average Bonchev–Trinajstić information content (AvgIpc) is 2.32. The van der Waals surface area contributed by atoms with Gasteiger partial charge in [0.05, 0.1) is 5.92 Å². The van der Waals surface area contributed by atoms with Crippen LogP contribution >= 0.6 is 0 Å². The summed E-state index contributed by atoms with van der Waals surface area (Å²) >= 11 is 0. The summed E-state index contributed by atoms with van der Waals surface area (Å²) in [5, 5.41) is 11.6. The fourth-order valence-electron chi connectivity index (χ4n) is 1.96. The predicted molar refractivity (Wildman–Crippen MR) is 68.5 cm³/mol. The molecule has 1 rings (SSSR count). The number of carboxylic acid groups (broad SMARTS) is 1. The standard InChI is InChI=1S/C12H23N3O3/c1-4-10(11(16)17)7-13-12(18)15-6-5-14(3)9(2)8-15/h9-10H,4-8H2,1-3H3,(H,13,18)(H,16,17). The monoisotopic (exact) mass is 257 g/mol. The maximum Gasteiger partial charge on any atom is 0.317 e. The maximum absolute atomic E-state index is 11.9. The fraction of sp³-hybridized carbons (Fsp3) is 0.833. The molecule has 0 aromatic carbocycles. The molecule has 0 saturated carbocycles. The number of likely N-dealkylation sites (N-methyl/N-ethyl adjacent to an activating group) is 1. The highest BCUT2D eigenvalue weighted by molar-refractivity contribution is 5.76. The number of amides is 2. The Kier molecular flexibility index (Phi) is 5.40. The number of carbonyl (C=O) groups excluding carboxylic acids is 1. The van der Waals surface area contributed by atoms with Crippen LogP contribution in [-0.2, 0) is 4.79 Å². The van der Waals surface area contributed by atoms with Crippen LogP contribution in [0.3, 0.4) is 0 Å². The molecule has 104 valence electrons. The second-order valence-corrected chi connectivity index (χ2v) is 4.91. The van der Waals surface area contributed by atoms with E-state index in [1.165, 1.54) is 0 Å². The zero-order valence-corrected chi connectivity index (χ0v) is 11.3. The second kappa shape index (κ2) is 6.58. The number of hydrogen-bond acceptors (Lipinski definition) is 3. The first-order valence-electron chi connectivity index (χ1n) is 6.41. The van der Waals surface area contributed by atoms with Crippen LogP contribution in [0, 0.1) is 5.92 Å². The number of hydrogen-bond donors (Lipinski definition) is 2. The maximum atomic E-state index is 11.9. The van der Waals surface area contributed by atoms with E-state index in [4.69, 9.17) is 5.11 Å². The van der Waals surface area contributed by atoms with Gasteiger partial charge in [0, 0.05) is 32.2 Å². The highest BCUT2D eigenvalue weighted by Gasteiger charge is 2.25. The Morgan fingerprint density at radius 3 is 2.61 bits per heavy atom. The topological polar surface area (TPSA) is 72.9 Å². The number of carbonyl (C=O) groups is 2. The van der Waals surface area contributed by atoms with Crippen molar-refractivity contribution in [2.24, 2.45) is 5.92 Å². The Balaban J connectivity index is 2.39. The summed E-state index contributed by atoms with van der Waals surface area (Å²) in [4.78, 5) is 26.7. The Labute approximate surface area is 108 Å². The van der Waals surface area contributed by atoms with Gasteiger partial charge in [-0.05, 0) is 20.4 Å². The van der Waals surface area contributed by atoms with Gasteiger partial charge in [0.15, 0.2) is 0 Å². The van der Waals surface area contributed by atoms with E-state index < -0.39 is 11.9 Å². The fourth-order valence-corrected chi connectivity index (χ4v) is 1.96. The number of aliphatic carboxylic acids is 1. The molecule has 0 aromatic heterocycles. The van der Waals surface area contributed by atoms with Crippen LogP contribution in [0.15, 0.2) is 0 Å². The van der Waals surface area contributed by atoms with Gasteiger partial charge in [0.2, 0.25) is 0 Å². The molecule has 1 aliphatic rings. The highest BCUT2D eigenvalue weighted by Crippen LogP contribution is 2.07.